The number of benzene rings is 1. The Labute approximate surface area is 133 Å². The third-order valence-electron chi connectivity index (χ3n) is 4.59. The van der Waals surface area contributed by atoms with E-state index in [0.717, 1.165) is 48.5 Å². The van der Waals surface area contributed by atoms with Crippen molar-refractivity contribution >= 4 is 0 Å². The molecule has 2 aliphatic rings. The van der Waals surface area contributed by atoms with E-state index in [-0.39, 0.29) is 17.1 Å². The topological polar surface area (TPSA) is 89.5 Å². The lowest BCUT2D eigenvalue weighted by atomic mass is 10.1. The molecule has 6 nitrogen and oxygen atoms in total. The second-order valence-corrected chi connectivity index (χ2v) is 6.42. The molecule has 1 saturated carbocycles. The highest BCUT2D eigenvalue weighted by Gasteiger charge is 2.29. The van der Waals surface area contributed by atoms with E-state index >= 15 is 0 Å². The van der Waals surface area contributed by atoms with Crippen molar-refractivity contribution in [2.75, 3.05) is 6.54 Å². The number of hydrogen-bond acceptors (Lipinski definition) is 5. The predicted octanol–water partition coefficient (Wildman–Crippen LogP) is 1.62. The Morgan fingerprint density at radius 1 is 1.30 bits per heavy atom. The van der Waals surface area contributed by atoms with Crippen LogP contribution < -0.4 is 5.56 Å². The lowest BCUT2D eigenvalue weighted by Gasteiger charge is -2.28. The van der Waals surface area contributed by atoms with Crippen LogP contribution in [0.25, 0.3) is 0 Å². The summed E-state index contributed by atoms with van der Waals surface area (Å²) >= 11 is 0. The van der Waals surface area contributed by atoms with Gasteiger partial charge in [-0.3, -0.25) is 9.69 Å². The zero-order valence-electron chi connectivity index (χ0n) is 12.7. The van der Waals surface area contributed by atoms with Crippen LogP contribution in [0.3, 0.4) is 0 Å². The SMILES string of the molecule is O=c1[nH]c(C2CC2)nc2c1CN(Cc1ccc(O)cc1O)CC2. The van der Waals surface area contributed by atoms with Gasteiger partial charge >= 0.3 is 0 Å². The van der Waals surface area contributed by atoms with Crippen molar-refractivity contribution < 1.29 is 10.2 Å². The highest BCUT2D eigenvalue weighted by molar-refractivity contribution is 5.39. The average molecular weight is 313 g/mol. The van der Waals surface area contributed by atoms with Gasteiger partial charge in [0.05, 0.1) is 11.3 Å². The van der Waals surface area contributed by atoms with Gasteiger partial charge in [-0.05, 0) is 18.9 Å². The number of aromatic hydroxyl groups is 2. The zero-order chi connectivity index (χ0) is 16.0. The molecular formula is C17H19N3O3. The van der Waals surface area contributed by atoms with Gasteiger partial charge in [0, 0.05) is 43.6 Å². The standard InChI is InChI=1S/C17H19N3O3/c21-12-4-3-11(15(22)7-12)8-20-6-5-14-13(9-20)17(23)19-16(18-14)10-1-2-10/h3-4,7,10,21-22H,1-2,5-6,8-9H2,(H,18,19,23). The number of rotatable bonds is 3. The van der Waals surface area contributed by atoms with Crippen molar-refractivity contribution in [3.05, 3.63) is 51.2 Å². The van der Waals surface area contributed by atoms with Crippen LogP contribution in [0, 0.1) is 0 Å². The summed E-state index contributed by atoms with van der Waals surface area (Å²) in [5, 5.41) is 19.3. The van der Waals surface area contributed by atoms with Gasteiger partial charge in [0.25, 0.3) is 5.56 Å². The Balaban J connectivity index is 1.55. The Kier molecular flexibility index (Phi) is 3.34. The molecule has 6 heteroatoms. The highest BCUT2D eigenvalue weighted by atomic mass is 16.3. The first-order chi connectivity index (χ1) is 11.1. The van der Waals surface area contributed by atoms with Crippen LogP contribution in [-0.2, 0) is 19.5 Å². The van der Waals surface area contributed by atoms with Crippen molar-refractivity contribution in [3.8, 4) is 11.5 Å². The number of aromatic nitrogens is 2. The van der Waals surface area contributed by atoms with Crippen LogP contribution >= 0.6 is 0 Å². The number of aromatic amines is 1. The number of fused-ring (bicyclic) bond motifs is 1. The minimum atomic E-state index is -0.0310. The first kappa shape index (κ1) is 14.3. The fourth-order valence-electron chi connectivity index (χ4n) is 3.11. The van der Waals surface area contributed by atoms with Crippen molar-refractivity contribution in [1.82, 2.24) is 14.9 Å². The van der Waals surface area contributed by atoms with E-state index in [1.54, 1.807) is 12.1 Å². The summed E-state index contributed by atoms with van der Waals surface area (Å²) in [5.74, 6) is 1.41. The minimum absolute atomic E-state index is 0.0310. The summed E-state index contributed by atoms with van der Waals surface area (Å²) in [6, 6.07) is 4.60. The number of nitrogens with zero attached hydrogens (tertiary/aromatic N) is 2. The Bertz CT molecular complexity index is 811. The molecule has 2 heterocycles. The summed E-state index contributed by atoms with van der Waals surface area (Å²) in [6.07, 6.45) is 2.99. The Morgan fingerprint density at radius 3 is 2.87 bits per heavy atom. The van der Waals surface area contributed by atoms with E-state index in [4.69, 9.17) is 0 Å². The summed E-state index contributed by atoms with van der Waals surface area (Å²) in [4.78, 5) is 22.0. The van der Waals surface area contributed by atoms with E-state index in [9.17, 15) is 15.0 Å². The van der Waals surface area contributed by atoms with Gasteiger partial charge in [-0.2, -0.15) is 0 Å². The number of nitrogens with one attached hydrogen (secondary N) is 1. The van der Waals surface area contributed by atoms with Gasteiger partial charge in [0.1, 0.15) is 17.3 Å². The van der Waals surface area contributed by atoms with E-state index in [0.29, 0.717) is 19.0 Å². The third-order valence-corrected chi connectivity index (χ3v) is 4.59. The molecule has 120 valence electrons. The molecule has 3 N–H and O–H groups in total. The molecule has 2 aromatic rings. The van der Waals surface area contributed by atoms with Gasteiger partial charge in [0.2, 0.25) is 0 Å². The van der Waals surface area contributed by atoms with Gasteiger partial charge in [0.15, 0.2) is 0 Å². The average Bonchev–Trinajstić information content (AvgIpc) is 3.35. The summed E-state index contributed by atoms with van der Waals surface area (Å²) in [6.45, 7) is 1.87. The molecule has 0 spiro atoms. The number of hydrogen-bond donors (Lipinski definition) is 3. The quantitative estimate of drug-likeness (QED) is 0.801. The lowest BCUT2D eigenvalue weighted by molar-refractivity contribution is 0.238. The van der Waals surface area contributed by atoms with Crippen molar-refractivity contribution in [2.45, 2.75) is 38.3 Å². The molecule has 0 radical (unpaired) electrons. The van der Waals surface area contributed by atoms with Crippen LogP contribution in [0.1, 0.15) is 41.4 Å². The van der Waals surface area contributed by atoms with Gasteiger partial charge in [-0.25, -0.2) is 4.98 Å². The molecule has 23 heavy (non-hydrogen) atoms. The third kappa shape index (κ3) is 2.82. The second kappa shape index (κ2) is 5.38. The van der Waals surface area contributed by atoms with Gasteiger partial charge < -0.3 is 15.2 Å². The van der Waals surface area contributed by atoms with Crippen LogP contribution in [0.2, 0.25) is 0 Å². The summed E-state index contributed by atoms with van der Waals surface area (Å²) in [5.41, 5.74) is 2.36. The van der Waals surface area contributed by atoms with Crippen LogP contribution in [0.5, 0.6) is 11.5 Å². The largest absolute Gasteiger partial charge is 0.508 e. The first-order valence-corrected chi connectivity index (χ1v) is 7.95. The van der Waals surface area contributed by atoms with E-state index < -0.39 is 0 Å². The number of phenols is 2. The van der Waals surface area contributed by atoms with E-state index in [1.807, 2.05) is 0 Å². The Hall–Kier alpha value is -2.34. The maximum atomic E-state index is 12.3. The van der Waals surface area contributed by atoms with Crippen LogP contribution in [0.15, 0.2) is 23.0 Å². The fraction of sp³-hybridized carbons (Fsp3) is 0.412. The molecule has 0 amide bonds. The molecule has 1 fully saturated rings. The molecule has 4 rings (SSSR count). The van der Waals surface area contributed by atoms with Crippen molar-refractivity contribution in [2.24, 2.45) is 0 Å². The fourth-order valence-corrected chi connectivity index (χ4v) is 3.11. The maximum Gasteiger partial charge on any atom is 0.255 e. The molecular weight excluding hydrogens is 294 g/mol. The molecule has 0 saturated heterocycles. The molecule has 1 aliphatic carbocycles. The minimum Gasteiger partial charge on any atom is -0.508 e. The highest BCUT2D eigenvalue weighted by Crippen LogP contribution is 2.37. The molecule has 1 aromatic heterocycles. The molecule has 1 aromatic carbocycles. The number of H-pyrrole nitrogens is 1. The predicted molar refractivity (Wildman–Crippen MR) is 84.4 cm³/mol. The summed E-state index contributed by atoms with van der Waals surface area (Å²) in [7, 11) is 0. The lowest BCUT2D eigenvalue weighted by Crippen LogP contribution is -2.35. The molecule has 0 bridgehead atoms. The van der Waals surface area contributed by atoms with Crippen LogP contribution in [0.4, 0.5) is 0 Å². The Morgan fingerprint density at radius 2 is 2.13 bits per heavy atom. The smallest absolute Gasteiger partial charge is 0.255 e. The zero-order valence-corrected chi connectivity index (χ0v) is 12.7. The van der Waals surface area contributed by atoms with Crippen molar-refractivity contribution in [1.29, 1.82) is 0 Å². The molecule has 0 atom stereocenters. The number of phenolic OH excluding ortho intramolecular Hbond substituents is 2. The second-order valence-electron chi connectivity index (χ2n) is 6.42. The molecule has 0 unspecified atom stereocenters. The van der Waals surface area contributed by atoms with Crippen LogP contribution in [-0.4, -0.2) is 31.6 Å². The maximum absolute atomic E-state index is 12.3. The van der Waals surface area contributed by atoms with Crippen molar-refractivity contribution in [3.63, 3.8) is 0 Å². The van der Waals surface area contributed by atoms with Gasteiger partial charge in [-0.15, -0.1) is 0 Å². The monoisotopic (exact) mass is 313 g/mol. The van der Waals surface area contributed by atoms with Gasteiger partial charge in [-0.1, -0.05) is 6.07 Å². The normalized spacial score (nSPS) is 17.9. The van der Waals surface area contributed by atoms with E-state index in [1.165, 1.54) is 6.07 Å². The van der Waals surface area contributed by atoms with E-state index in [2.05, 4.69) is 14.9 Å². The molecule has 1 aliphatic heterocycles. The summed E-state index contributed by atoms with van der Waals surface area (Å²) < 4.78 is 0. The first-order valence-electron chi connectivity index (χ1n) is 7.95.